The molecule has 84 valence electrons. The van der Waals surface area contributed by atoms with Gasteiger partial charge in [-0.05, 0) is 30.6 Å². The molecule has 2 nitrogen and oxygen atoms in total. The lowest BCUT2D eigenvalue weighted by molar-refractivity contribution is 0.111. The van der Waals surface area contributed by atoms with Gasteiger partial charge in [0.15, 0.2) is 0 Å². The maximum atomic E-state index is 5.50. The Hall–Kier alpha value is -0.0800. The highest BCUT2D eigenvalue weighted by Crippen LogP contribution is 2.47. The quantitative estimate of drug-likeness (QED) is 0.606. The van der Waals surface area contributed by atoms with Gasteiger partial charge in [0.2, 0.25) is 0 Å². The normalized spacial score (nSPS) is 18.9. The van der Waals surface area contributed by atoms with Gasteiger partial charge in [0, 0.05) is 19.7 Å². The predicted octanol–water partition coefficient (Wildman–Crippen LogP) is 2.44. The van der Waals surface area contributed by atoms with Gasteiger partial charge in [-0.3, -0.25) is 0 Å². The van der Waals surface area contributed by atoms with Crippen molar-refractivity contribution < 1.29 is 4.74 Å². The summed E-state index contributed by atoms with van der Waals surface area (Å²) < 4.78 is 5.50. The summed E-state index contributed by atoms with van der Waals surface area (Å²) in [6.45, 7) is 10.6. The molecule has 0 unspecified atom stereocenters. The van der Waals surface area contributed by atoms with E-state index in [4.69, 9.17) is 4.74 Å². The van der Waals surface area contributed by atoms with Crippen LogP contribution in [0.5, 0.6) is 0 Å². The molecule has 14 heavy (non-hydrogen) atoms. The van der Waals surface area contributed by atoms with E-state index in [0.717, 1.165) is 19.8 Å². The van der Waals surface area contributed by atoms with Crippen LogP contribution in [0.15, 0.2) is 0 Å². The van der Waals surface area contributed by atoms with Crippen molar-refractivity contribution in [3.05, 3.63) is 0 Å². The number of hydrogen-bond donors (Lipinski definition) is 1. The minimum atomic E-state index is 0.653. The highest BCUT2D eigenvalue weighted by Gasteiger charge is 2.39. The van der Waals surface area contributed by atoms with Crippen LogP contribution in [-0.2, 0) is 4.74 Å². The monoisotopic (exact) mass is 199 g/mol. The van der Waals surface area contributed by atoms with Crippen LogP contribution in [-0.4, -0.2) is 26.3 Å². The van der Waals surface area contributed by atoms with Crippen molar-refractivity contribution in [2.45, 2.75) is 40.0 Å². The first-order valence-corrected chi connectivity index (χ1v) is 5.97. The topological polar surface area (TPSA) is 21.3 Å². The Morgan fingerprint density at radius 3 is 2.57 bits per heavy atom. The largest absolute Gasteiger partial charge is 0.380 e. The zero-order valence-corrected chi connectivity index (χ0v) is 9.94. The predicted molar refractivity (Wildman–Crippen MR) is 60.5 cm³/mol. The molecule has 1 aliphatic carbocycles. The third kappa shape index (κ3) is 4.43. The van der Waals surface area contributed by atoms with Crippen molar-refractivity contribution in [3.63, 3.8) is 0 Å². The van der Waals surface area contributed by atoms with E-state index in [0.29, 0.717) is 11.3 Å². The van der Waals surface area contributed by atoms with E-state index in [9.17, 15) is 0 Å². The fourth-order valence-corrected chi connectivity index (χ4v) is 1.65. The van der Waals surface area contributed by atoms with Crippen LogP contribution in [0, 0.1) is 11.3 Å². The highest BCUT2D eigenvalue weighted by molar-refractivity contribution is 4.93. The van der Waals surface area contributed by atoms with Gasteiger partial charge in [0.1, 0.15) is 0 Å². The first-order chi connectivity index (χ1) is 6.68. The second-order valence-electron chi connectivity index (χ2n) is 5.00. The Labute approximate surface area is 88.4 Å². The minimum Gasteiger partial charge on any atom is -0.380 e. The van der Waals surface area contributed by atoms with E-state index < -0.39 is 0 Å². The molecule has 1 saturated carbocycles. The number of rotatable bonds is 8. The Morgan fingerprint density at radius 2 is 2.07 bits per heavy atom. The molecule has 2 heteroatoms. The highest BCUT2D eigenvalue weighted by atomic mass is 16.5. The molecule has 0 aromatic carbocycles. The van der Waals surface area contributed by atoms with Crippen LogP contribution in [0.3, 0.4) is 0 Å². The lowest BCUT2D eigenvalue weighted by Gasteiger charge is -2.13. The third-order valence-corrected chi connectivity index (χ3v) is 3.08. The standard InChI is InChI=1S/C12H25NO/c1-4-12(5-6-12)10-13-7-8-14-9-11(2)3/h11,13H,4-10H2,1-3H3. The summed E-state index contributed by atoms with van der Waals surface area (Å²) in [5, 5.41) is 3.49. The smallest absolute Gasteiger partial charge is 0.0591 e. The zero-order valence-electron chi connectivity index (χ0n) is 9.94. The summed E-state index contributed by atoms with van der Waals surface area (Å²) in [5.74, 6) is 0.653. The molecule has 1 aliphatic rings. The second-order valence-corrected chi connectivity index (χ2v) is 5.00. The van der Waals surface area contributed by atoms with Gasteiger partial charge >= 0.3 is 0 Å². The average molecular weight is 199 g/mol. The maximum absolute atomic E-state index is 5.50. The molecule has 0 spiro atoms. The Balaban J connectivity index is 1.85. The molecule has 1 N–H and O–H groups in total. The molecule has 0 heterocycles. The van der Waals surface area contributed by atoms with Crippen LogP contribution in [0.25, 0.3) is 0 Å². The molecule has 1 rings (SSSR count). The van der Waals surface area contributed by atoms with E-state index in [1.807, 2.05) is 0 Å². The van der Waals surface area contributed by atoms with Crippen LogP contribution in [0.1, 0.15) is 40.0 Å². The fraction of sp³-hybridized carbons (Fsp3) is 1.00. The molecule has 0 amide bonds. The molecular formula is C12H25NO. The Kier molecular flexibility index (Phi) is 4.90. The van der Waals surface area contributed by atoms with Gasteiger partial charge in [-0.2, -0.15) is 0 Å². The summed E-state index contributed by atoms with van der Waals surface area (Å²) in [6.07, 6.45) is 4.17. The first kappa shape index (κ1) is 12.0. The van der Waals surface area contributed by atoms with Gasteiger partial charge in [-0.25, -0.2) is 0 Å². The summed E-state index contributed by atoms with van der Waals surface area (Å²) in [5.41, 5.74) is 0.665. The van der Waals surface area contributed by atoms with Gasteiger partial charge in [-0.1, -0.05) is 20.8 Å². The Morgan fingerprint density at radius 1 is 1.36 bits per heavy atom. The minimum absolute atomic E-state index is 0.653. The van der Waals surface area contributed by atoms with E-state index in [-0.39, 0.29) is 0 Å². The van der Waals surface area contributed by atoms with Crippen LogP contribution in [0.4, 0.5) is 0 Å². The van der Waals surface area contributed by atoms with Gasteiger partial charge in [0.05, 0.1) is 6.61 Å². The van der Waals surface area contributed by atoms with Gasteiger partial charge < -0.3 is 10.1 Å². The van der Waals surface area contributed by atoms with Crippen LogP contribution >= 0.6 is 0 Å². The van der Waals surface area contributed by atoms with E-state index in [1.165, 1.54) is 25.8 Å². The number of ether oxygens (including phenoxy) is 1. The van der Waals surface area contributed by atoms with Crippen LogP contribution in [0.2, 0.25) is 0 Å². The summed E-state index contributed by atoms with van der Waals surface area (Å²) in [6, 6.07) is 0. The molecule has 0 atom stereocenters. The lowest BCUT2D eigenvalue weighted by atomic mass is 10.0. The van der Waals surface area contributed by atoms with Crippen molar-refractivity contribution in [1.29, 1.82) is 0 Å². The average Bonchev–Trinajstić information content (AvgIpc) is 2.91. The summed E-state index contributed by atoms with van der Waals surface area (Å²) >= 11 is 0. The van der Waals surface area contributed by atoms with Crippen molar-refractivity contribution in [3.8, 4) is 0 Å². The molecule has 1 fully saturated rings. The van der Waals surface area contributed by atoms with Crippen molar-refractivity contribution in [2.24, 2.45) is 11.3 Å². The summed E-state index contributed by atoms with van der Waals surface area (Å²) in [7, 11) is 0. The first-order valence-electron chi connectivity index (χ1n) is 5.97. The number of nitrogens with one attached hydrogen (secondary N) is 1. The molecule has 0 aromatic heterocycles. The molecule has 0 saturated heterocycles. The van der Waals surface area contributed by atoms with E-state index in [1.54, 1.807) is 0 Å². The zero-order chi connectivity index (χ0) is 10.4. The maximum Gasteiger partial charge on any atom is 0.0591 e. The number of hydrogen-bond acceptors (Lipinski definition) is 2. The van der Waals surface area contributed by atoms with E-state index >= 15 is 0 Å². The van der Waals surface area contributed by atoms with Gasteiger partial charge in [0.25, 0.3) is 0 Å². The van der Waals surface area contributed by atoms with Crippen LogP contribution < -0.4 is 5.32 Å². The molecule has 0 aliphatic heterocycles. The second kappa shape index (κ2) is 5.72. The van der Waals surface area contributed by atoms with Crippen molar-refractivity contribution in [2.75, 3.05) is 26.3 Å². The fourth-order valence-electron chi connectivity index (χ4n) is 1.65. The van der Waals surface area contributed by atoms with Crippen molar-refractivity contribution >= 4 is 0 Å². The molecule has 0 bridgehead atoms. The van der Waals surface area contributed by atoms with Gasteiger partial charge in [-0.15, -0.1) is 0 Å². The summed E-state index contributed by atoms with van der Waals surface area (Å²) in [4.78, 5) is 0. The third-order valence-electron chi connectivity index (χ3n) is 3.08. The Bertz CT molecular complexity index is 152. The lowest BCUT2D eigenvalue weighted by Crippen LogP contribution is -2.27. The van der Waals surface area contributed by atoms with E-state index in [2.05, 4.69) is 26.1 Å². The molecule has 0 radical (unpaired) electrons. The molecular weight excluding hydrogens is 174 g/mol. The van der Waals surface area contributed by atoms with Crippen molar-refractivity contribution in [1.82, 2.24) is 5.32 Å². The SMILES string of the molecule is CCC1(CNCCOCC(C)C)CC1. The molecule has 0 aromatic rings.